The van der Waals surface area contributed by atoms with Crippen LogP contribution in [0, 0.1) is 5.82 Å². The third kappa shape index (κ3) is 1.72. The van der Waals surface area contributed by atoms with Gasteiger partial charge in [-0.05, 0) is 47.3 Å². The van der Waals surface area contributed by atoms with Crippen LogP contribution < -0.4 is 4.74 Å². The van der Waals surface area contributed by atoms with Crippen molar-refractivity contribution in [2.24, 2.45) is 0 Å². The lowest BCUT2D eigenvalue weighted by Gasteiger charge is -2.22. The monoisotopic (exact) mass is 282 g/mol. The molecule has 1 aliphatic heterocycles. The molecule has 4 heteroatoms. The Labute approximate surface area is 119 Å². The van der Waals surface area contributed by atoms with E-state index in [1.165, 1.54) is 12.1 Å². The summed E-state index contributed by atoms with van der Waals surface area (Å²) in [4.78, 5) is 0. The molecule has 0 unspecified atom stereocenters. The van der Waals surface area contributed by atoms with Crippen molar-refractivity contribution >= 4 is 10.8 Å². The van der Waals surface area contributed by atoms with Gasteiger partial charge in [-0.3, -0.25) is 0 Å². The molecule has 2 N–H and O–H groups in total. The maximum atomic E-state index is 13.6. The van der Waals surface area contributed by atoms with Gasteiger partial charge in [0.05, 0.1) is 0 Å². The molecule has 1 heterocycles. The van der Waals surface area contributed by atoms with Gasteiger partial charge in [-0.25, -0.2) is 4.39 Å². The third-order valence-electron chi connectivity index (χ3n) is 3.79. The second-order valence-corrected chi connectivity index (χ2v) is 5.10. The highest BCUT2D eigenvalue weighted by atomic mass is 19.1. The quantitative estimate of drug-likeness (QED) is 0.656. The molecule has 3 aromatic rings. The van der Waals surface area contributed by atoms with E-state index in [4.69, 9.17) is 4.74 Å². The lowest BCUT2D eigenvalue weighted by Crippen LogP contribution is -2.06. The second kappa shape index (κ2) is 4.12. The Balaban J connectivity index is 2.03. The van der Waals surface area contributed by atoms with Crippen LogP contribution in [0.5, 0.6) is 17.2 Å². The van der Waals surface area contributed by atoms with E-state index < -0.39 is 5.82 Å². The number of rotatable bonds is 0. The molecule has 4 rings (SSSR count). The van der Waals surface area contributed by atoms with E-state index in [1.54, 1.807) is 18.2 Å². The molecule has 3 nitrogen and oxygen atoms in total. The molecule has 0 fully saturated rings. The fourth-order valence-corrected chi connectivity index (χ4v) is 2.78. The summed E-state index contributed by atoms with van der Waals surface area (Å²) in [6, 6.07) is 11.5. The van der Waals surface area contributed by atoms with Gasteiger partial charge in [0.15, 0.2) is 11.6 Å². The second-order valence-electron chi connectivity index (χ2n) is 5.10. The predicted octanol–water partition coefficient (Wildman–Crippen LogP) is 3.95. The highest BCUT2D eigenvalue weighted by Gasteiger charge is 2.21. The number of ether oxygens (including phenoxy) is 1. The zero-order valence-corrected chi connectivity index (χ0v) is 10.9. The first-order valence-corrected chi connectivity index (χ1v) is 6.54. The first kappa shape index (κ1) is 12.0. The highest BCUT2D eigenvalue weighted by molar-refractivity contribution is 5.96. The van der Waals surface area contributed by atoms with Gasteiger partial charge in [-0.2, -0.15) is 0 Å². The summed E-state index contributed by atoms with van der Waals surface area (Å²) < 4.78 is 19.4. The van der Waals surface area contributed by atoms with Crippen LogP contribution in [0.3, 0.4) is 0 Å². The number of benzene rings is 3. The van der Waals surface area contributed by atoms with Crippen LogP contribution in [0.2, 0.25) is 0 Å². The van der Waals surface area contributed by atoms with Gasteiger partial charge in [0, 0.05) is 16.5 Å². The Morgan fingerprint density at radius 3 is 2.67 bits per heavy atom. The summed E-state index contributed by atoms with van der Waals surface area (Å²) in [5, 5.41) is 20.7. The normalized spacial score (nSPS) is 12.6. The zero-order chi connectivity index (χ0) is 14.6. The largest absolute Gasteiger partial charge is 0.508 e. The Hall–Kier alpha value is -2.75. The number of hydrogen-bond acceptors (Lipinski definition) is 3. The topological polar surface area (TPSA) is 49.7 Å². The van der Waals surface area contributed by atoms with Crippen molar-refractivity contribution in [2.45, 2.75) is 6.61 Å². The minimum atomic E-state index is -0.646. The molecule has 0 saturated carbocycles. The highest BCUT2D eigenvalue weighted by Crippen LogP contribution is 2.44. The Bertz CT molecular complexity index is 887. The van der Waals surface area contributed by atoms with Gasteiger partial charge < -0.3 is 14.9 Å². The summed E-state index contributed by atoms with van der Waals surface area (Å²) in [5.74, 6) is -0.154. The number of hydrogen-bond donors (Lipinski definition) is 2. The molecular weight excluding hydrogens is 271 g/mol. The van der Waals surface area contributed by atoms with E-state index in [1.807, 2.05) is 12.1 Å². The molecule has 0 spiro atoms. The van der Waals surface area contributed by atoms with E-state index in [2.05, 4.69) is 0 Å². The molecule has 0 amide bonds. The van der Waals surface area contributed by atoms with Crippen LogP contribution in [0.4, 0.5) is 4.39 Å². The average molecular weight is 282 g/mol. The average Bonchev–Trinajstić information content (AvgIpc) is 2.47. The lowest BCUT2D eigenvalue weighted by molar-refractivity contribution is 0.304. The van der Waals surface area contributed by atoms with Crippen molar-refractivity contribution in [3.05, 3.63) is 53.8 Å². The fourth-order valence-electron chi connectivity index (χ4n) is 2.78. The molecule has 0 radical (unpaired) electrons. The summed E-state index contributed by atoms with van der Waals surface area (Å²) in [7, 11) is 0. The van der Waals surface area contributed by atoms with Crippen molar-refractivity contribution in [1.82, 2.24) is 0 Å². The Kier molecular flexibility index (Phi) is 2.36. The summed E-state index contributed by atoms with van der Waals surface area (Å²) >= 11 is 0. The molecule has 1 aliphatic rings. The standard InChI is InChI=1S/C17H11FO3/c18-15-7-14-10(6-16(15)20)8-21-17-12-4-2-11(19)5-9(12)1-3-13(14)17/h1-7,19-20H,8H2. The number of halogens is 1. The zero-order valence-electron chi connectivity index (χ0n) is 10.9. The van der Waals surface area contributed by atoms with Crippen LogP contribution in [-0.4, -0.2) is 10.2 Å². The molecular formula is C17H11FO3. The van der Waals surface area contributed by atoms with Gasteiger partial charge in [0.25, 0.3) is 0 Å². The van der Waals surface area contributed by atoms with Crippen molar-refractivity contribution in [3.8, 4) is 28.4 Å². The maximum absolute atomic E-state index is 13.6. The van der Waals surface area contributed by atoms with Crippen LogP contribution in [0.25, 0.3) is 21.9 Å². The molecule has 3 aromatic carbocycles. The predicted molar refractivity (Wildman–Crippen MR) is 77.0 cm³/mol. The summed E-state index contributed by atoms with van der Waals surface area (Å²) in [6.07, 6.45) is 0. The van der Waals surface area contributed by atoms with Crippen molar-refractivity contribution in [1.29, 1.82) is 0 Å². The van der Waals surface area contributed by atoms with Crippen LogP contribution in [-0.2, 0) is 6.61 Å². The number of phenolic OH excluding ortho intramolecular Hbond substituents is 2. The summed E-state index contributed by atoms with van der Waals surface area (Å²) in [6.45, 7) is 0.274. The molecule has 0 aromatic heterocycles. The van der Waals surface area contributed by atoms with E-state index in [9.17, 15) is 14.6 Å². The minimum absolute atomic E-state index is 0.189. The van der Waals surface area contributed by atoms with Crippen molar-refractivity contribution in [3.63, 3.8) is 0 Å². The van der Waals surface area contributed by atoms with Gasteiger partial charge in [-0.15, -0.1) is 0 Å². The van der Waals surface area contributed by atoms with Crippen LogP contribution >= 0.6 is 0 Å². The van der Waals surface area contributed by atoms with E-state index in [-0.39, 0.29) is 18.1 Å². The fraction of sp³-hybridized carbons (Fsp3) is 0.0588. The first-order valence-electron chi connectivity index (χ1n) is 6.54. The molecule has 0 saturated heterocycles. The minimum Gasteiger partial charge on any atom is -0.508 e. The van der Waals surface area contributed by atoms with E-state index in [0.717, 1.165) is 27.5 Å². The Morgan fingerprint density at radius 1 is 0.952 bits per heavy atom. The molecule has 104 valence electrons. The molecule has 21 heavy (non-hydrogen) atoms. The SMILES string of the molecule is Oc1ccc2c3c(ccc2c1)-c1cc(F)c(O)cc1CO3. The number of aromatic hydroxyl groups is 2. The van der Waals surface area contributed by atoms with Crippen molar-refractivity contribution in [2.75, 3.05) is 0 Å². The molecule has 0 bridgehead atoms. The van der Waals surface area contributed by atoms with Gasteiger partial charge in [0.2, 0.25) is 0 Å². The van der Waals surface area contributed by atoms with Crippen molar-refractivity contribution < 1.29 is 19.3 Å². The maximum Gasteiger partial charge on any atom is 0.165 e. The third-order valence-corrected chi connectivity index (χ3v) is 3.79. The smallest absolute Gasteiger partial charge is 0.165 e. The van der Waals surface area contributed by atoms with E-state index in [0.29, 0.717) is 5.75 Å². The number of phenols is 2. The first-order chi connectivity index (χ1) is 10.1. The number of fused-ring (bicyclic) bond motifs is 5. The lowest BCUT2D eigenvalue weighted by atomic mass is 9.93. The summed E-state index contributed by atoms with van der Waals surface area (Å²) in [5.41, 5.74) is 2.26. The van der Waals surface area contributed by atoms with Gasteiger partial charge in [0.1, 0.15) is 18.1 Å². The van der Waals surface area contributed by atoms with Gasteiger partial charge in [-0.1, -0.05) is 6.07 Å². The molecule has 0 aliphatic carbocycles. The van der Waals surface area contributed by atoms with Crippen LogP contribution in [0.15, 0.2) is 42.5 Å². The van der Waals surface area contributed by atoms with Gasteiger partial charge >= 0.3 is 0 Å². The van der Waals surface area contributed by atoms with Crippen LogP contribution in [0.1, 0.15) is 5.56 Å². The Morgan fingerprint density at radius 2 is 1.81 bits per heavy atom. The molecule has 0 atom stereocenters. The van der Waals surface area contributed by atoms with E-state index >= 15 is 0 Å².